The van der Waals surface area contributed by atoms with Crippen LogP contribution in [0.2, 0.25) is 0 Å². The molecule has 1 heterocycles. The van der Waals surface area contributed by atoms with Gasteiger partial charge in [-0.05, 0) is 71.1 Å². The fraction of sp³-hybridized carbons (Fsp3) is 0.0800. The van der Waals surface area contributed by atoms with Gasteiger partial charge in [-0.25, -0.2) is 4.39 Å². The van der Waals surface area contributed by atoms with E-state index in [0.29, 0.717) is 0 Å². The maximum atomic E-state index is 13.6. The number of nitrogens with zero attached hydrogens (tertiary/aromatic N) is 1. The molecule has 0 unspecified atom stereocenters. The van der Waals surface area contributed by atoms with Gasteiger partial charge >= 0.3 is 0 Å². The summed E-state index contributed by atoms with van der Waals surface area (Å²) in [5.41, 5.74) is 4.61. The first-order chi connectivity index (χ1) is 13.1. The highest BCUT2D eigenvalue weighted by atomic mass is 19.1. The molecule has 0 saturated heterocycles. The maximum Gasteiger partial charge on any atom is 0.123 e. The summed E-state index contributed by atoms with van der Waals surface area (Å²) < 4.78 is 13.6. The summed E-state index contributed by atoms with van der Waals surface area (Å²) in [5.74, 6) is -0.205. The van der Waals surface area contributed by atoms with Crippen LogP contribution in [0.4, 0.5) is 4.39 Å². The first-order valence-corrected chi connectivity index (χ1v) is 9.08. The lowest BCUT2D eigenvalue weighted by Gasteiger charge is -2.11. The molecule has 1 nitrogen and oxygen atoms in total. The number of halogens is 1. The third-order valence-electron chi connectivity index (χ3n) is 5.22. The summed E-state index contributed by atoms with van der Waals surface area (Å²) >= 11 is 0. The predicted octanol–water partition coefficient (Wildman–Crippen LogP) is 6.96. The van der Waals surface area contributed by atoms with E-state index in [1.807, 2.05) is 18.3 Å². The first-order valence-electron chi connectivity index (χ1n) is 9.08. The first kappa shape index (κ1) is 16.0. The van der Waals surface area contributed by atoms with Gasteiger partial charge in [0.1, 0.15) is 5.82 Å². The largest absolute Gasteiger partial charge is 0.256 e. The van der Waals surface area contributed by atoms with Gasteiger partial charge in [-0.2, -0.15) is 0 Å². The van der Waals surface area contributed by atoms with E-state index in [0.717, 1.165) is 32.8 Å². The number of benzene rings is 4. The number of fused-ring (bicyclic) bond motifs is 5. The van der Waals surface area contributed by atoms with E-state index in [-0.39, 0.29) is 5.82 Å². The Balaban J connectivity index is 1.86. The number of hydrogen-bond donors (Lipinski definition) is 0. The van der Waals surface area contributed by atoms with Gasteiger partial charge < -0.3 is 0 Å². The van der Waals surface area contributed by atoms with Crippen LogP contribution in [0, 0.1) is 19.7 Å². The van der Waals surface area contributed by atoms with Crippen molar-refractivity contribution in [3.63, 3.8) is 0 Å². The van der Waals surface area contributed by atoms with Gasteiger partial charge in [-0.3, -0.25) is 4.98 Å². The molecule has 0 fully saturated rings. The van der Waals surface area contributed by atoms with Gasteiger partial charge in [-0.1, -0.05) is 47.5 Å². The molecular weight excluding hydrogens is 333 g/mol. The normalized spacial score (nSPS) is 11.5. The SMILES string of the molecule is Cc1cc(C)cc(-c2nccc3c2ccc2c4ccc(F)cc4ccc32)c1. The van der Waals surface area contributed by atoms with Gasteiger partial charge in [0.2, 0.25) is 0 Å². The fourth-order valence-electron chi connectivity index (χ4n) is 4.12. The molecule has 5 rings (SSSR count). The lowest BCUT2D eigenvalue weighted by Crippen LogP contribution is -1.89. The van der Waals surface area contributed by atoms with E-state index in [4.69, 9.17) is 4.98 Å². The molecule has 0 aliphatic carbocycles. The average molecular weight is 351 g/mol. The van der Waals surface area contributed by atoms with Crippen molar-refractivity contribution in [2.24, 2.45) is 0 Å². The van der Waals surface area contributed by atoms with Crippen LogP contribution in [0.5, 0.6) is 0 Å². The molecule has 0 amide bonds. The smallest absolute Gasteiger partial charge is 0.123 e. The van der Waals surface area contributed by atoms with Gasteiger partial charge in [0.25, 0.3) is 0 Å². The van der Waals surface area contributed by atoms with Gasteiger partial charge in [0.05, 0.1) is 5.69 Å². The molecule has 0 aliphatic heterocycles. The van der Waals surface area contributed by atoms with E-state index in [1.165, 1.54) is 28.0 Å². The highest BCUT2D eigenvalue weighted by Gasteiger charge is 2.10. The molecule has 0 aliphatic rings. The summed E-state index contributed by atoms with van der Waals surface area (Å²) in [7, 11) is 0. The Bertz CT molecular complexity index is 1330. The number of pyridine rings is 1. The molecule has 1 aromatic heterocycles. The summed E-state index contributed by atoms with van der Waals surface area (Å²) in [5, 5.41) is 6.60. The van der Waals surface area contributed by atoms with Crippen LogP contribution in [-0.2, 0) is 0 Å². The van der Waals surface area contributed by atoms with E-state index < -0.39 is 0 Å². The third-order valence-corrected chi connectivity index (χ3v) is 5.22. The zero-order valence-corrected chi connectivity index (χ0v) is 15.3. The number of aromatic nitrogens is 1. The van der Waals surface area contributed by atoms with Crippen LogP contribution >= 0.6 is 0 Å². The van der Waals surface area contributed by atoms with Crippen LogP contribution in [0.1, 0.15) is 11.1 Å². The van der Waals surface area contributed by atoms with Crippen molar-refractivity contribution in [1.82, 2.24) is 4.98 Å². The Hall–Kier alpha value is -3.26. The average Bonchev–Trinajstić information content (AvgIpc) is 2.65. The van der Waals surface area contributed by atoms with Crippen LogP contribution in [-0.4, -0.2) is 4.98 Å². The molecule has 0 radical (unpaired) electrons. The minimum atomic E-state index is -0.205. The van der Waals surface area contributed by atoms with Crippen LogP contribution < -0.4 is 0 Å². The number of aryl methyl sites for hydroxylation is 2. The Kier molecular flexibility index (Phi) is 3.48. The molecule has 2 heteroatoms. The van der Waals surface area contributed by atoms with E-state index in [9.17, 15) is 4.39 Å². The van der Waals surface area contributed by atoms with E-state index >= 15 is 0 Å². The second-order valence-corrected chi connectivity index (χ2v) is 7.22. The molecule has 0 N–H and O–H groups in total. The zero-order chi connectivity index (χ0) is 18.5. The molecule has 0 bridgehead atoms. The van der Waals surface area contributed by atoms with Gasteiger partial charge in [0.15, 0.2) is 0 Å². The summed E-state index contributed by atoms with van der Waals surface area (Å²) in [4.78, 5) is 4.69. The molecule has 4 aromatic carbocycles. The Labute approximate surface area is 157 Å². The quantitative estimate of drug-likeness (QED) is 0.297. The highest BCUT2D eigenvalue weighted by Crippen LogP contribution is 2.35. The molecule has 0 spiro atoms. The molecule has 5 aromatic rings. The summed E-state index contributed by atoms with van der Waals surface area (Å²) in [6.45, 7) is 4.23. The molecule has 27 heavy (non-hydrogen) atoms. The topological polar surface area (TPSA) is 12.9 Å². The second-order valence-electron chi connectivity index (χ2n) is 7.22. The summed E-state index contributed by atoms with van der Waals surface area (Å²) in [6, 6.07) is 21.9. The van der Waals surface area contributed by atoms with Crippen LogP contribution in [0.3, 0.4) is 0 Å². The predicted molar refractivity (Wildman–Crippen MR) is 112 cm³/mol. The Morgan fingerprint density at radius 2 is 1.26 bits per heavy atom. The van der Waals surface area contributed by atoms with E-state index in [2.05, 4.69) is 56.3 Å². The maximum absolute atomic E-state index is 13.6. The molecular formula is C25H18FN. The van der Waals surface area contributed by atoms with Crippen molar-refractivity contribution >= 4 is 32.3 Å². The number of rotatable bonds is 1. The highest BCUT2D eigenvalue weighted by molar-refractivity contribution is 6.18. The monoisotopic (exact) mass is 351 g/mol. The van der Waals surface area contributed by atoms with Gasteiger partial charge in [-0.15, -0.1) is 0 Å². The second kappa shape index (κ2) is 5.88. The lowest BCUT2D eigenvalue weighted by molar-refractivity contribution is 0.630. The molecule has 0 saturated carbocycles. The van der Waals surface area contributed by atoms with Crippen LogP contribution in [0.15, 0.2) is 72.9 Å². The third kappa shape index (κ3) is 2.57. The Morgan fingerprint density at radius 3 is 2.07 bits per heavy atom. The van der Waals surface area contributed by atoms with Crippen molar-refractivity contribution in [2.45, 2.75) is 13.8 Å². The minimum Gasteiger partial charge on any atom is -0.256 e. The number of hydrogen-bond acceptors (Lipinski definition) is 1. The molecule has 130 valence electrons. The van der Waals surface area contributed by atoms with E-state index in [1.54, 1.807) is 6.07 Å². The van der Waals surface area contributed by atoms with Crippen molar-refractivity contribution < 1.29 is 4.39 Å². The van der Waals surface area contributed by atoms with Crippen molar-refractivity contribution in [3.05, 3.63) is 89.9 Å². The van der Waals surface area contributed by atoms with Crippen molar-refractivity contribution in [3.8, 4) is 11.3 Å². The standard InChI is InChI=1S/C25H18FN/c1-15-11-16(2)13-18(12-15)25-24-8-7-21-20-6-4-19(26)14-17(20)3-5-22(21)23(24)9-10-27-25/h3-14H,1-2H3. The van der Waals surface area contributed by atoms with Crippen LogP contribution in [0.25, 0.3) is 43.6 Å². The summed E-state index contributed by atoms with van der Waals surface area (Å²) in [6.07, 6.45) is 1.88. The van der Waals surface area contributed by atoms with Gasteiger partial charge in [0, 0.05) is 17.1 Å². The van der Waals surface area contributed by atoms with Crippen molar-refractivity contribution in [1.29, 1.82) is 0 Å². The fourth-order valence-corrected chi connectivity index (χ4v) is 4.12. The van der Waals surface area contributed by atoms with Crippen molar-refractivity contribution in [2.75, 3.05) is 0 Å². The zero-order valence-electron chi connectivity index (χ0n) is 15.3. The lowest BCUT2D eigenvalue weighted by atomic mass is 9.94. The Morgan fingerprint density at radius 1 is 0.630 bits per heavy atom. The molecule has 0 atom stereocenters. The minimum absolute atomic E-state index is 0.205.